The number of carbonyl (C=O) groups is 1. The van der Waals surface area contributed by atoms with E-state index in [2.05, 4.69) is 25.3 Å². The molecule has 170 valence electrons. The lowest BCUT2D eigenvalue weighted by atomic mass is 10.1. The number of aliphatic hydroxyl groups is 1. The Morgan fingerprint density at radius 2 is 1.82 bits per heavy atom. The van der Waals surface area contributed by atoms with Gasteiger partial charge in [-0.05, 0) is 56.7 Å². The fourth-order valence-corrected chi connectivity index (χ4v) is 3.57. The summed E-state index contributed by atoms with van der Waals surface area (Å²) in [6.45, 7) is 5.22. The van der Waals surface area contributed by atoms with Crippen molar-refractivity contribution in [2.75, 3.05) is 5.32 Å². The van der Waals surface area contributed by atoms with Gasteiger partial charge in [0.05, 0.1) is 11.4 Å². The van der Waals surface area contributed by atoms with E-state index in [1.807, 2.05) is 31.2 Å². The van der Waals surface area contributed by atoms with Crippen LogP contribution in [0.1, 0.15) is 35.7 Å². The quantitative estimate of drug-likeness (QED) is 0.408. The minimum atomic E-state index is -1.10. The number of oxazole rings is 1. The van der Waals surface area contributed by atoms with Gasteiger partial charge in [0.2, 0.25) is 5.89 Å². The summed E-state index contributed by atoms with van der Waals surface area (Å²) in [6.07, 6.45) is 9.85. The number of anilines is 1. The molecule has 1 amide bonds. The van der Waals surface area contributed by atoms with E-state index in [0.29, 0.717) is 22.9 Å². The van der Waals surface area contributed by atoms with E-state index in [1.165, 1.54) is 6.26 Å². The van der Waals surface area contributed by atoms with Crippen LogP contribution in [0.2, 0.25) is 0 Å². The highest BCUT2D eigenvalue weighted by Crippen LogP contribution is 2.31. The number of rotatable bonds is 5. The van der Waals surface area contributed by atoms with Gasteiger partial charge in [-0.3, -0.25) is 14.8 Å². The molecule has 5 rings (SSSR count). The number of aryl methyl sites for hydroxylation is 1. The van der Waals surface area contributed by atoms with E-state index in [9.17, 15) is 9.90 Å². The lowest BCUT2D eigenvalue weighted by molar-refractivity contribution is 0.0744. The average Bonchev–Trinajstić information content (AvgIpc) is 3.46. The van der Waals surface area contributed by atoms with Crippen LogP contribution in [0.5, 0.6) is 0 Å². The van der Waals surface area contributed by atoms with E-state index in [4.69, 9.17) is 4.42 Å². The molecular formula is C25H22N6O3. The van der Waals surface area contributed by atoms with Crippen LogP contribution < -0.4 is 5.32 Å². The van der Waals surface area contributed by atoms with Crippen LogP contribution in [0.25, 0.3) is 28.2 Å². The molecule has 0 aliphatic heterocycles. The second-order valence-electron chi connectivity index (χ2n) is 8.47. The molecule has 0 spiro atoms. The van der Waals surface area contributed by atoms with Gasteiger partial charge in [0.15, 0.2) is 5.69 Å². The zero-order valence-electron chi connectivity index (χ0n) is 18.9. The maximum Gasteiger partial charge on any atom is 0.277 e. The predicted molar refractivity (Wildman–Crippen MR) is 126 cm³/mol. The van der Waals surface area contributed by atoms with Gasteiger partial charge < -0.3 is 19.2 Å². The molecule has 0 bridgehead atoms. The molecule has 0 aliphatic rings. The van der Waals surface area contributed by atoms with Crippen LogP contribution in [0.3, 0.4) is 0 Å². The minimum Gasteiger partial charge on any atom is -0.444 e. The topological polar surface area (TPSA) is 118 Å². The number of hydrogen-bond acceptors (Lipinski definition) is 7. The van der Waals surface area contributed by atoms with Crippen molar-refractivity contribution in [2.45, 2.75) is 26.4 Å². The minimum absolute atomic E-state index is 0.146. The molecule has 0 saturated carbocycles. The van der Waals surface area contributed by atoms with Crippen LogP contribution in [0.4, 0.5) is 5.69 Å². The Morgan fingerprint density at radius 3 is 2.56 bits per heavy atom. The molecule has 0 aromatic carbocycles. The summed E-state index contributed by atoms with van der Waals surface area (Å²) < 4.78 is 7.30. The highest BCUT2D eigenvalue weighted by molar-refractivity contribution is 6.05. The monoisotopic (exact) mass is 454 g/mol. The molecule has 0 unspecified atom stereocenters. The van der Waals surface area contributed by atoms with Crippen molar-refractivity contribution in [3.8, 4) is 22.6 Å². The molecule has 34 heavy (non-hydrogen) atoms. The summed E-state index contributed by atoms with van der Waals surface area (Å²) in [5.74, 6) is -0.0804. The molecule has 0 atom stereocenters. The van der Waals surface area contributed by atoms with Gasteiger partial charge in [0.1, 0.15) is 17.5 Å². The van der Waals surface area contributed by atoms with E-state index in [0.717, 1.165) is 22.4 Å². The molecule has 5 aromatic rings. The van der Waals surface area contributed by atoms with Gasteiger partial charge in [-0.2, -0.15) is 0 Å². The molecule has 0 aliphatic carbocycles. The lowest BCUT2D eigenvalue weighted by Crippen LogP contribution is -2.15. The molecule has 2 N–H and O–H groups in total. The van der Waals surface area contributed by atoms with Gasteiger partial charge in [-0.1, -0.05) is 0 Å². The normalized spacial score (nSPS) is 11.6. The Balaban J connectivity index is 1.53. The van der Waals surface area contributed by atoms with Crippen molar-refractivity contribution < 1.29 is 14.3 Å². The van der Waals surface area contributed by atoms with Gasteiger partial charge in [0.25, 0.3) is 5.91 Å². The lowest BCUT2D eigenvalue weighted by Gasteiger charge is -2.12. The van der Waals surface area contributed by atoms with E-state index in [1.54, 1.807) is 55.3 Å². The first kappa shape index (κ1) is 21.5. The SMILES string of the molecule is Cc1cc(-c2nc(C(=O)Nc3cn4cc(C(C)(C)O)nc4cc3-c3ccncc3)co2)ccn1. The fraction of sp³-hybridized carbons (Fsp3) is 0.160. The van der Waals surface area contributed by atoms with E-state index in [-0.39, 0.29) is 5.69 Å². The highest BCUT2D eigenvalue weighted by Gasteiger charge is 2.22. The van der Waals surface area contributed by atoms with Gasteiger partial charge in [-0.25, -0.2) is 9.97 Å². The Morgan fingerprint density at radius 1 is 1.06 bits per heavy atom. The number of fused-ring (bicyclic) bond motifs is 1. The number of nitrogens with zero attached hydrogens (tertiary/aromatic N) is 5. The molecule has 9 nitrogen and oxygen atoms in total. The zero-order valence-corrected chi connectivity index (χ0v) is 18.9. The van der Waals surface area contributed by atoms with Crippen molar-refractivity contribution in [2.24, 2.45) is 0 Å². The number of nitrogens with one attached hydrogen (secondary N) is 1. The summed E-state index contributed by atoms with van der Waals surface area (Å²) in [7, 11) is 0. The summed E-state index contributed by atoms with van der Waals surface area (Å²) in [6, 6.07) is 9.16. The summed E-state index contributed by atoms with van der Waals surface area (Å²) in [4.78, 5) is 30.2. The summed E-state index contributed by atoms with van der Waals surface area (Å²) in [5.41, 5.74) is 3.92. The maximum atomic E-state index is 13.1. The van der Waals surface area contributed by atoms with Gasteiger partial charge in [0, 0.05) is 47.8 Å². The zero-order chi connectivity index (χ0) is 23.9. The van der Waals surface area contributed by atoms with Crippen LogP contribution in [0.15, 0.2) is 72.0 Å². The molecule has 5 aromatic heterocycles. The fourth-order valence-electron chi connectivity index (χ4n) is 3.57. The molecule has 5 heterocycles. The second kappa shape index (κ2) is 8.20. The molecule has 0 saturated heterocycles. The van der Waals surface area contributed by atoms with Gasteiger partial charge >= 0.3 is 0 Å². The third kappa shape index (κ3) is 4.16. The Labute approximate surface area is 195 Å². The Bertz CT molecular complexity index is 1500. The molecule has 0 radical (unpaired) electrons. The molecule has 9 heteroatoms. The number of imidazole rings is 1. The molecule has 0 fully saturated rings. The van der Waals surface area contributed by atoms with Crippen molar-refractivity contribution in [1.82, 2.24) is 24.3 Å². The third-order valence-corrected chi connectivity index (χ3v) is 5.34. The first-order chi connectivity index (χ1) is 16.3. The van der Waals surface area contributed by atoms with E-state index < -0.39 is 11.5 Å². The van der Waals surface area contributed by atoms with Crippen LogP contribution in [0, 0.1) is 6.92 Å². The number of aromatic nitrogens is 5. The smallest absolute Gasteiger partial charge is 0.277 e. The van der Waals surface area contributed by atoms with Crippen molar-refractivity contribution in [1.29, 1.82) is 0 Å². The van der Waals surface area contributed by atoms with E-state index >= 15 is 0 Å². The van der Waals surface area contributed by atoms with Crippen LogP contribution >= 0.6 is 0 Å². The third-order valence-electron chi connectivity index (χ3n) is 5.34. The summed E-state index contributed by atoms with van der Waals surface area (Å²) in [5, 5.41) is 13.3. The largest absolute Gasteiger partial charge is 0.444 e. The first-order valence-electron chi connectivity index (χ1n) is 10.6. The summed E-state index contributed by atoms with van der Waals surface area (Å²) >= 11 is 0. The number of hydrogen-bond donors (Lipinski definition) is 2. The van der Waals surface area contributed by atoms with Crippen LogP contribution in [-0.4, -0.2) is 35.4 Å². The van der Waals surface area contributed by atoms with Crippen molar-refractivity contribution in [3.63, 3.8) is 0 Å². The number of amides is 1. The standard InChI is InChI=1S/C25H22N6O3/c1-15-10-17(6-9-27-15)24-29-20(14-34-24)23(32)28-19-12-31-13-21(25(2,3)33)30-22(31)11-18(19)16-4-7-26-8-5-16/h4-14,33H,1-3H3,(H,28,32). The van der Waals surface area contributed by atoms with Crippen molar-refractivity contribution in [3.05, 3.63) is 84.7 Å². The van der Waals surface area contributed by atoms with Crippen LogP contribution in [-0.2, 0) is 5.60 Å². The van der Waals surface area contributed by atoms with Crippen molar-refractivity contribution >= 4 is 17.2 Å². The number of pyridine rings is 3. The van der Waals surface area contributed by atoms with Gasteiger partial charge in [-0.15, -0.1) is 0 Å². The predicted octanol–water partition coefficient (Wildman–Crippen LogP) is 4.23. The Hall–Kier alpha value is -4.37. The Kier molecular flexibility index (Phi) is 5.18. The number of carbonyl (C=O) groups excluding carboxylic acids is 1. The highest BCUT2D eigenvalue weighted by atomic mass is 16.3. The second-order valence-corrected chi connectivity index (χ2v) is 8.47. The molecular weight excluding hydrogens is 432 g/mol. The maximum absolute atomic E-state index is 13.1. The first-order valence-corrected chi connectivity index (χ1v) is 10.6. The average molecular weight is 454 g/mol.